The zero-order valence-electron chi connectivity index (χ0n) is 11.1. The summed E-state index contributed by atoms with van der Waals surface area (Å²) in [6, 6.07) is 8.77. The number of hydrogen-bond donors (Lipinski definition) is 1. The third-order valence-corrected chi connectivity index (χ3v) is 1.99. The summed E-state index contributed by atoms with van der Waals surface area (Å²) in [7, 11) is 0. The fraction of sp³-hybridized carbons (Fsp3) is 0.571. The molecule has 0 amide bonds. The van der Waals surface area contributed by atoms with E-state index in [1.807, 2.05) is 0 Å². The van der Waals surface area contributed by atoms with Gasteiger partial charge < -0.3 is 17.7 Å². The van der Waals surface area contributed by atoms with Gasteiger partial charge in [-0.2, -0.15) is 0 Å². The van der Waals surface area contributed by atoms with Gasteiger partial charge in [-0.1, -0.05) is 57.0 Å². The Bertz CT molecular complexity index is 231. The molecular weight excluding hydrogens is 218 g/mol. The van der Waals surface area contributed by atoms with Gasteiger partial charge >= 0.3 is 0 Å². The first-order valence-electron chi connectivity index (χ1n) is 6.11. The van der Waals surface area contributed by atoms with Crippen LogP contribution in [-0.2, 0) is 6.54 Å². The second kappa shape index (κ2) is 12.5. The molecule has 1 aromatic carbocycles. The van der Waals surface area contributed by atoms with Gasteiger partial charge in [0.1, 0.15) is 6.54 Å². The SMILES string of the molecule is CCC.CCC[NH2+]Cc1ccc(C)cc1.[Cl-]. The molecule has 1 nitrogen and oxygen atoms in total. The molecule has 0 aromatic heterocycles. The number of hydrogen-bond acceptors (Lipinski definition) is 0. The van der Waals surface area contributed by atoms with Gasteiger partial charge in [0, 0.05) is 5.56 Å². The lowest BCUT2D eigenvalue weighted by atomic mass is 10.1. The minimum Gasteiger partial charge on any atom is -1.00 e. The lowest BCUT2D eigenvalue weighted by Crippen LogP contribution is -3.00. The van der Waals surface area contributed by atoms with Crippen molar-refractivity contribution in [3.8, 4) is 0 Å². The molecule has 0 aliphatic heterocycles. The normalized spacial score (nSPS) is 8.75. The van der Waals surface area contributed by atoms with Crippen molar-refractivity contribution in [2.45, 2.75) is 47.1 Å². The fourth-order valence-electron chi connectivity index (χ4n) is 1.20. The van der Waals surface area contributed by atoms with Gasteiger partial charge in [0.05, 0.1) is 6.54 Å². The van der Waals surface area contributed by atoms with Crippen molar-refractivity contribution in [3.05, 3.63) is 35.4 Å². The van der Waals surface area contributed by atoms with Crippen molar-refractivity contribution in [2.75, 3.05) is 6.54 Å². The molecule has 0 saturated heterocycles. The van der Waals surface area contributed by atoms with Crippen LogP contribution in [-0.4, -0.2) is 6.54 Å². The highest BCUT2D eigenvalue weighted by molar-refractivity contribution is 5.20. The van der Waals surface area contributed by atoms with E-state index in [0.29, 0.717) is 0 Å². The maximum Gasteiger partial charge on any atom is 0.101 e. The Morgan fingerprint density at radius 1 is 1.00 bits per heavy atom. The quantitative estimate of drug-likeness (QED) is 0.711. The first-order valence-corrected chi connectivity index (χ1v) is 6.11. The molecular formula is C14H26ClN. The Labute approximate surface area is 107 Å². The summed E-state index contributed by atoms with van der Waals surface area (Å²) >= 11 is 0. The molecule has 0 saturated carbocycles. The average Bonchev–Trinajstić information content (AvgIpc) is 2.23. The highest BCUT2D eigenvalue weighted by atomic mass is 35.5. The van der Waals surface area contributed by atoms with Gasteiger partial charge in [0.25, 0.3) is 0 Å². The highest BCUT2D eigenvalue weighted by Gasteiger charge is 1.92. The fourth-order valence-corrected chi connectivity index (χ4v) is 1.20. The summed E-state index contributed by atoms with van der Waals surface area (Å²) in [5.41, 5.74) is 2.77. The molecule has 0 unspecified atom stereocenters. The van der Waals surface area contributed by atoms with Crippen molar-refractivity contribution in [2.24, 2.45) is 0 Å². The van der Waals surface area contributed by atoms with Crippen molar-refractivity contribution >= 4 is 0 Å². The first kappa shape index (κ1) is 17.9. The van der Waals surface area contributed by atoms with Gasteiger partial charge in [-0.25, -0.2) is 0 Å². The maximum absolute atomic E-state index is 2.35. The van der Waals surface area contributed by atoms with E-state index in [1.54, 1.807) is 0 Å². The second-order valence-corrected chi connectivity index (χ2v) is 3.97. The molecule has 0 fully saturated rings. The average molecular weight is 244 g/mol. The van der Waals surface area contributed by atoms with Gasteiger partial charge in [-0.15, -0.1) is 0 Å². The number of rotatable bonds is 4. The Kier molecular flexibility index (Phi) is 14.0. The molecule has 0 radical (unpaired) electrons. The van der Waals surface area contributed by atoms with E-state index in [4.69, 9.17) is 0 Å². The Balaban J connectivity index is 0. The molecule has 0 atom stereocenters. The highest BCUT2D eigenvalue weighted by Crippen LogP contribution is 2.00. The first-order chi connectivity index (χ1) is 7.24. The molecule has 2 N–H and O–H groups in total. The second-order valence-electron chi connectivity index (χ2n) is 3.97. The molecule has 0 aliphatic carbocycles. The number of nitrogens with two attached hydrogens (primary N) is 1. The number of quaternary nitrogens is 1. The largest absolute Gasteiger partial charge is 1.00 e. The van der Waals surface area contributed by atoms with Crippen LogP contribution in [0.15, 0.2) is 24.3 Å². The summed E-state index contributed by atoms with van der Waals surface area (Å²) < 4.78 is 0. The van der Waals surface area contributed by atoms with Crippen LogP contribution in [0.3, 0.4) is 0 Å². The Morgan fingerprint density at radius 2 is 1.50 bits per heavy atom. The van der Waals surface area contributed by atoms with E-state index in [2.05, 4.69) is 57.3 Å². The molecule has 1 rings (SSSR count). The van der Waals surface area contributed by atoms with E-state index < -0.39 is 0 Å². The van der Waals surface area contributed by atoms with Crippen molar-refractivity contribution < 1.29 is 17.7 Å². The predicted octanol–water partition coefficient (Wildman–Crippen LogP) is -0.111. The van der Waals surface area contributed by atoms with Crippen LogP contribution in [0.5, 0.6) is 0 Å². The summed E-state index contributed by atoms with van der Waals surface area (Å²) in [6.07, 6.45) is 2.51. The Hall–Kier alpha value is -0.530. The topological polar surface area (TPSA) is 16.6 Å². The summed E-state index contributed by atoms with van der Waals surface area (Å²) in [5.74, 6) is 0. The van der Waals surface area contributed by atoms with Crippen LogP contribution in [0.1, 0.15) is 44.7 Å². The van der Waals surface area contributed by atoms with Crippen LogP contribution >= 0.6 is 0 Å². The van der Waals surface area contributed by atoms with Crippen molar-refractivity contribution in [3.63, 3.8) is 0 Å². The molecule has 2 heteroatoms. The van der Waals surface area contributed by atoms with Gasteiger partial charge in [-0.05, 0) is 13.3 Å². The zero-order chi connectivity index (χ0) is 11.5. The van der Waals surface area contributed by atoms with E-state index in [0.717, 1.165) is 6.54 Å². The van der Waals surface area contributed by atoms with Crippen LogP contribution < -0.4 is 17.7 Å². The molecule has 0 bridgehead atoms. The number of benzene rings is 1. The standard InChI is InChI=1S/C11H17N.C3H8.ClH/c1-3-8-12-9-11-6-4-10(2)5-7-11;1-3-2;/h4-7,12H,3,8-9H2,1-2H3;3H2,1-2H3;1H. The summed E-state index contributed by atoms with van der Waals surface area (Å²) in [5, 5.41) is 2.35. The minimum atomic E-state index is 0. The molecule has 1 aromatic rings. The van der Waals surface area contributed by atoms with E-state index in [1.165, 1.54) is 30.5 Å². The molecule has 94 valence electrons. The predicted molar refractivity (Wildman–Crippen MR) is 67.9 cm³/mol. The lowest BCUT2D eigenvalue weighted by Gasteiger charge is -2.00. The molecule has 0 heterocycles. The monoisotopic (exact) mass is 243 g/mol. The van der Waals surface area contributed by atoms with E-state index in [-0.39, 0.29) is 12.4 Å². The van der Waals surface area contributed by atoms with Crippen molar-refractivity contribution in [1.82, 2.24) is 0 Å². The number of halogens is 1. The molecule has 16 heavy (non-hydrogen) atoms. The van der Waals surface area contributed by atoms with Gasteiger partial charge in [-0.3, -0.25) is 0 Å². The smallest absolute Gasteiger partial charge is 0.101 e. The van der Waals surface area contributed by atoms with Crippen LogP contribution in [0.4, 0.5) is 0 Å². The van der Waals surface area contributed by atoms with Gasteiger partial charge in [0.15, 0.2) is 0 Å². The van der Waals surface area contributed by atoms with Gasteiger partial charge in [0.2, 0.25) is 0 Å². The zero-order valence-corrected chi connectivity index (χ0v) is 11.8. The third kappa shape index (κ3) is 10.0. The molecule has 0 spiro atoms. The molecule has 0 aliphatic rings. The van der Waals surface area contributed by atoms with Crippen LogP contribution in [0, 0.1) is 6.92 Å². The summed E-state index contributed by atoms with van der Waals surface area (Å²) in [4.78, 5) is 0. The maximum atomic E-state index is 2.35. The lowest BCUT2D eigenvalue weighted by molar-refractivity contribution is -0.670. The minimum absolute atomic E-state index is 0. The number of aryl methyl sites for hydroxylation is 1. The van der Waals surface area contributed by atoms with E-state index in [9.17, 15) is 0 Å². The van der Waals surface area contributed by atoms with Crippen molar-refractivity contribution in [1.29, 1.82) is 0 Å². The van der Waals surface area contributed by atoms with Crippen LogP contribution in [0.2, 0.25) is 0 Å². The Morgan fingerprint density at radius 3 is 1.94 bits per heavy atom. The third-order valence-electron chi connectivity index (χ3n) is 1.99. The summed E-state index contributed by atoms with van der Waals surface area (Å²) in [6.45, 7) is 10.9. The van der Waals surface area contributed by atoms with Crippen LogP contribution in [0.25, 0.3) is 0 Å². The van der Waals surface area contributed by atoms with E-state index >= 15 is 0 Å².